The summed E-state index contributed by atoms with van der Waals surface area (Å²) in [6.45, 7) is 9.63. The fourth-order valence-corrected chi connectivity index (χ4v) is 3.60. The molecule has 1 saturated heterocycles. The van der Waals surface area contributed by atoms with Gasteiger partial charge in [0.2, 0.25) is 6.79 Å². The van der Waals surface area contributed by atoms with Crippen molar-refractivity contribution in [1.82, 2.24) is 14.7 Å². The van der Waals surface area contributed by atoms with Crippen LogP contribution in [-0.4, -0.2) is 40.7 Å². The number of benzene rings is 1. The van der Waals surface area contributed by atoms with Crippen molar-refractivity contribution in [3.8, 4) is 11.5 Å². The van der Waals surface area contributed by atoms with Gasteiger partial charge in [-0.2, -0.15) is 5.10 Å². The first-order valence-electron chi connectivity index (χ1n) is 9.11. The quantitative estimate of drug-likeness (QED) is 0.763. The van der Waals surface area contributed by atoms with Crippen LogP contribution < -0.4 is 9.47 Å². The summed E-state index contributed by atoms with van der Waals surface area (Å²) in [5, 5.41) is 4.38. The van der Waals surface area contributed by atoms with Crippen LogP contribution in [0.3, 0.4) is 0 Å². The minimum absolute atomic E-state index is 0.304. The molecule has 1 fully saturated rings. The molecule has 2 aromatic rings. The number of rotatable bonds is 7. The number of hydrogen-bond acceptors (Lipinski definition) is 5. The van der Waals surface area contributed by atoms with E-state index in [1.54, 1.807) is 6.20 Å². The Balaban J connectivity index is 1.51. The van der Waals surface area contributed by atoms with E-state index in [-0.39, 0.29) is 0 Å². The Morgan fingerprint density at radius 3 is 2.96 bits per heavy atom. The maximum atomic E-state index is 5.87. The molecule has 0 radical (unpaired) electrons. The number of ether oxygens (including phenoxy) is 3. The predicted octanol–water partition coefficient (Wildman–Crippen LogP) is 3.20. The highest BCUT2D eigenvalue weighted by Crippen LogP contribution is 2.33. The first-order valence-corrected chi connectivity index (χ1v) is 9.11. The number of hydrogen-bond donors (Lipinski definition) is 0. The molecular formula is C20H25N3O3. The molecule has 0 spiro atoms. The Hall–Kier alpha value is -2.31. The molecule has 0 N–H and O–H groups in total. The molecule has 2 aliphatic rings. The molecule has 6 heteroatoms. The molecule has 0 amide bonds. The Bertz CT molecular complexity index is 781. The van der Waals surface area contributed by atoms with Gasteiger partial charge in [0.1, 0.15) is 0 Å². The lowest BCUT2D eigenvalue weighted by molar-refractivity contribution is 0.0678. The van der Waals surface area contributed by atoms with Crippen molar-refractivity contribution < 1.29 is 14.2 Å². The average molecular weight is 355 g/mol. The molecule has 1 aromatic carbocycles. The van der Waals surface area contributed by atoms with Crippen LogP contribution in [-0.2, 0) is 17.8 Å². The zero-order valence-corrected chi connectivity index (χ0v) is 15.2. The van der Waals surface area contributed by atoms with Crippen molar-refractivity contribution in [2.75, 3.05) is 19.9 Å². The summed E-state index contributed by atoms with van der Waals surface area (Å²) in [5.74, 6) is 1.65. The number of nitrogens with zero attached hydrogens (tertiary/aromatic N) is 3. The zero-order chi connectivity index (χ0) is 17.9. The third kappa shape index (κ3) is 3.61. The highest BCUT2D eigenvalue weighted by Gasteiger charge is 2.22. The molecule has 0 unspecified atom stereocenters. The largest absolute Gasteiger partial charge is 0.454 e. The van der Waals surface area contributed by atoms with E-state index >= 15 is 0 Å². The van der Waals surface area contributed by atoms with Crippen molar-refractivity contribution in [2.45, 2.75) is 39.0 Å². The van der Waals surface area contributed by atoms with Crippen LogP contribution in [0.4, 0.5) is 0 Å². The Labute approximate surface area is 154 Å². The molecule has 6 nitrogen and oxygen atoms in total. The second-order valence-corrected chi connectivity index (χ2v) is 6.87. The highest BCUT2D eigenvalue weighted by atomic mass is 16.7. The zero-order valence-electron chi connectivity index (χ0n) is 15.2. The summed E-state index contributed by atoms with van der Waals surface area (Å²) in [6, 6.07) is 6.17. The van der Waals surface area contributed by atoms with Gasteiger partial charge in [0.15, 0.2) is 11.5 Å². The smallest absolute Gasteiger partial charge is 0.231 e. The summed E-state index contributed by atoms with van der Waals surface area (Å²) >= 11 is 0. The summed E-state index contributed by atoms with van der Waals surface area (Å²) in [6.07, 6.45) is 6.25. The predicted molar refractivity (Wildman–Crippen MR) is 99.0 cm³/mol. The van der Waals surface area contributed by atoms with Crippen LogP contribution in [0.15, 0.2) is 31.0 Å². The van der Waals surface area contributed by atoms with E-state index in [9.17, 15) is 0 Å². The van der Waals surface area contributed by atoms with E-state index in [2.05, 4.69) is 35.6 Å². The first-order chi connectivity index (χ1) is 12.7. The minimum Gasteiger partial charge on any atom is -0.454 e. The number of fused-ring (bicyclic) bond motifs is 1. The molecule has 0 bridgehead atoms. The van der Waals surface area contributed by atoms with Gasteiger partial charge in [-0.3, -0.25) is 4.90 Å². The number of aromatic nitrogens is 2. The van der Waals surface area contributed by atoms with Gasteiger partial charge in [-0.1, -0.05) is 12.6 Å². The fraction of sp³-hybridized carbons (Fsp3) is 0.450. The molecule has 2 aliphatic heterocycles. The molecular weight excluding hydrogens is 330 g/mol. The van der Waals surface area contributed by atoms with Crippen LogP contribution in [0.1, 0.15) is 29.7 Å². The molecule has 1 aromatic heterocycles. The van der Waals surface area contributed by atoms with Gasteiger partial charge in [0, 0.05) is 43.7 Å². The lowest BCUT2D eigenvalue weighted by Crippen LogP contribution is -2.31. The van der Waals surface area contributed by atoms with Crippen LogP contribution in [0.5, 0.6) is 11.5 Å². The third-order valence-corrected chi connectivity index (χ3v) is 5.04. The second kappa shape index (κ2) is 7.51. The highest BCUT2D eigenvalue weighted by molar-refractivity contribution is 5.44. The molecule has 4 rings (SSSR count). The van der Waals surface area contributed by atoms with E-state index in [0.717, 1.165) is 56.3 Å². The van der Waals surface area contributed by atoms with Gasteiger partial charge in [-0.05, 0) is 37.5 Å². The second-order valence-electron chi connectivity index (χ2n) is 6.87. The van der Waals surface area contributed by atoms with Crippen LogP contribution in [0, 0.1) is 6.92 Å². The van der Waals surface area contributed by atoms with Crippen molar-refractivity contribution in [3.63, 3.8) is 0 Å². The van der Waals surface area contributed by atoms with Gasteiger partial charge < -0.3 is 14.2 Å². The molecule has 3 heterocycles. The van der Waals surface area contributed by atoms with Gasteiger partial charge in [-0.25, -0.2) is 4.68 Å². The minimum atomic E-state index is 0.304. The van der Waals surface area contributed by atoms with E-state index in [1.165, 1.54) is 11.1 Å². The molecule has 1 atom stereocenters. The Morgan fingerprint density at radius 1 is 1.31 bits per heavy atom. The Kier molecular flexibility index (Phi) is 4.95. The van der Waals surface area contributed by atoms with E-state index < -0.39 is 0 Å². The van der Waals surface area contributed by atoms with Gasteiger partial charge in [0.25, 0.3) is 0 Å². The lowest BCUT2D eigenvalue weighted by atomic mass is 10.1. The van der Waals surface area contributed by atoms with E-state index in [1.807, 2.05) is 16.9 Å². The first kappa shape index (κ1) is 17.1. The Morgan fingerprint density at radius 2 is 2.19 bits per heavy atom. The van der Waals surface area contributed by atoms with E-state index in [0.29, 0.717) is 12.9 Å². The topological polar surface area (TPSA) is 48.8 Å². The standard InChI is InChI=1S/C20H25N3O3/c1-3-23-15(2)17(10-21-23)12-22(13-18-5-4-8-24-18)11-16-6-7-19-20(9-16)26-14-25-19/h3,6-7,9-10,18H,1,4-5,8,11-14H2,2H3/t18-/m1/s1. The van der Waals surface area contributed by atoms with Gasteiger partial charge in [-0.15, -0.1) is 0 Å². The summed E-state index contributed by atoms with van der Waals surface area (Å²) in [4.78, 5) is 2.42. The van der Waals surface area contributed by atoms with Crippen molar-refractivity contribution in [3.05, 3.63) is 47.8 Å². The monoisotopic (exact) mass is 355 g/mol. The SMILES string of the molecule is C=Cn1ncc(CN(Cc2ccc3c(c2)OCO3)C[C@H]2CCCO2)c1C. The molecule has 0 saturated carbocycles. The third-order valence-electron chi connectivity index (χ3n) is 5.04. The average Bonchev–Trinajstić information content (AvgIpc) is 3.37. The molecule has 138 valence electrons. The van der Waals surface area contributed by atoms with Crippen LogP contribution in [0.25, 0.3) is 6.20 Å². The summed E-state index contributed by atoms with van der Waals surface area (Å²) in [5.41, 5.74) is 3.55. The summed E-state index contributed by atoms with van der Waals surface area (Å²) in [7, 11) is 0. The van der Waals surface area contributed by atoms with Crippen molar-refractivity contribution in [2.24, 2.45) is 0 Å². The van der Waals surface area contributed by atoms with Crippen molar-refractivity contribution in [1.29, 1.82) is 0 Å². The van der Waals surface area contributed by atoms with Crippen molar-refractivity contribution >= 4 is 6.20 Å². The lowest BCUT2D eigenvalue weighted by Gasteiger charge is -2.25. The van der Waals surface area contributed by atoms with Crippen LogP contribution in [0.2, 0.25) is 0 Å². The maximum Gasteiger partial charge on any atom is 0.231 e. The molecule has 0 aliphatic carbocycles. The van der Waals surface area contributed by atoms with E-state index in [4.69, 9.17) is 14.2 Å². The fourth-order valence-electron chi connectivity index (χ4n) is 3.60. The van der Waals surface area contributed by atoms with Gasteiger partial charge >= 0.3 is 0 Å². The van der Waals surface area contributed by atoms with Crippen LogP contribution >= 0.6 is 0 Å². The molecule has 26 heavy (non-hydrogen) atoms. The normalized spacial score (nSPS) is 18.6. The van der Waals surface area contributed by atoms with Gasteiger partial charge in [0.05, 0.1) is 12.3 Å². The maximum absolute atomic E-state index is 5.87. The summed E-state index contributed by atoms with van der Waals surface area (Å²) < 4.78 is 18.6.